The summed E-state index contributed by atoms with van der Waals surface area (Å²) in [5, 5.41) is -0.0870. The van der Waals surface area contributed by atoms with Crippen LogP contribution >= 0.6 is 11.6 Å². The van der Waals surface area contributed by atoms with Crippen molar-refractivity contribution in [3.05, 3.63) is 40.9 Å². The van der Waals surface area contributed by atoms with E-state index in [4.69, 9.17) is 16.3 Å². The summed E-state index contributed by atoms with van der Waals surface area (Å²) < 4.78 is 44.5. The van der Waals surface area contributed by atoms with Crippen molar-refractivity contribution in [3.8, 4) is 0 Å². The maximum atomic E-state index is 12.9. The number of hydrogen-bond acceptors (Lipinski definition) is 3. The van der Waals surface area contributed by atoms with Gasteiger partial charge in [0.2, 0.25) is 11.8 Å². The fourth-order valence-corrected chi connectivity index (χ4v) is 3.95. The number of benzene rings is 1. The molecule has 4 atom stereocenters. The summed E-state index contributed by atoms with van der Waals surface area (Å²) >= 11 is 5.98. The Morgan fingerprint density at radius 1 is 1.25 bits per heavy atom. The van der Waals surface area contributed by atoms with Gasteiger partial charge in [-0.25, -0.2) is 4.90 Å². The molecule has 4 rings (SSSR count). The van der Waals surface area contributed by atoms with E-state index in [-0.39, 0.29) is 10.7 Å². The summed E-state index contributed by atoms with van der Waals surface area (Å²) in [7, 11) is 0. The topological polar surface area (TPSA) is 46.6 Å². The molecule has 3 aliphatic rings. The molecule has 126 valence electrons. The maximum absolute atomic E-state index is 12.9. The average Bonchev–Trinajstić information content (AvgIpc) is 3.08. The first-order valence-corrected chi connectivity index (χ1v) is 7.63. The normalized spacial score (nSPS) is 34.4. The molecule has 0 saturated carbocycles. The van der Waals surface area contributed by atoms with Crippen molar-refractivity contribution < 1.29 is 27.5 Å². The molecule has 0 aromatic heterocycles. The highest BCUT2D eigenvalue weighted by Crippen LogP contribution is 2.53. The molecule has 2 bridgehead atoms. The Labute approximate surface area is 139 Å². The van der Waals surface area contributed by atoms with Crippen LogP contribution in [-0.4, -0.2) is 23.5 Å². The lowest BCUT2D eigenvalue weighted by Gasteiger charge is -2.24. The van der Waals surface area contributed by atoms with Crippen LogP contribution in [0, 0.1) is 11.8 Å². The first-order chi connectivity index (χ1) is 11.1. The van der Waals surface area contributed by atoms with Gasteiger partial charge in [0.1, 0.15) is 0 Å². The number of ether oxygens (including phenoxy) is 1. The van der Waals surface area contributed by atoms with E-state index in [1.807, 2.05) is 0 Å². The quantitative estimate of drug-likeness (QED) is 0.573. The number of rotatable bonds is 1. The summed E-state index contributed by atoms with van der Waals surface area (Å²) in [6, 6.07) is 2.59. The number of alkyl halides is 3. The minimum Gasteiger partial charge on any atom is -0.362 e. The van der Waals surface area contributed by atoms with Crippen molar-refractivity contribution in [3.63, 3.8) is 0 Å². The molecule has 8 heteroatoms. The summed E-state index contributed by atoms with van der Waals surface area (Å²) in [4.78, 5) is 26.2. The molecule has 0 N–H and O–H groups in total. The highest BCUT2D eigenvalue weighted by molar-refractivity contribution is 6.36. The average molecular weight is 358 g/mol. The molecule has 24 heavy (non-hydrogen) atoms. The number of amides is 2. The van der Waals surface area contributed by atoms with Gasteiger partial charge >= 0.3 is 6.18 Å². The molecule has 0 spiro atoms. The number of nitrogens with zero attached hydrogens (tertiary/aromatic N) is 1. The van der Waals surface area contributed by atoms with Crippen LogP contribution in [0.15, 0.2) is 30.4 Å². The molecule has 1 aromatic carbocycles. The number of hydrogen-bond donors (Lipinski definition) is 0. The number of halogens is 4. The highest BCUT2D eigenvalue weighted by Gasteiger charge is 2.66. The zero-order valence-corrected chi connectivity index (χ0v) is 13.1. The standard InChI is InChI=1S/C16H11ClF3NO3/c1-15-5-4-10(24-15)11-12(15)14(23)21(13(11)22)9-6-7(16(18,19)20)2-3-8(9)17/h2-6,10-12H,1H3/t10-,11-,12+,15+/m1/s1. The van der Waals surface area contributed by atoms with E-state index < -0.39 is 47.1 Å². The van der Waals surface area contributed by atoms with Crippen molar-refractivity contribution in [1.82, 2.24) is 0 Å². The fraction of sp³-hybridized carbons (Fsp3) is 0.375. The third-order valence-electron chi connectivity index (χ3n) is 4.84. The zero-order valence-electron chi connectivity index (χ0n) is 12.3. The predicted octanol–water partition coefficient (Wildman–Crippen LogP) is 3.19. The van der Waals surface area contributed by atoms with Gasteiger partial charge in [0.15, 0.2) is 0 Å². The van der Waals surface area contributed by atoms with Gasteiger partial charge in [-0.05, 0) is 25.1 Å². The number of anilines is 1. The summed E-state index contributed by atoms with van der Waals surface area (Å²) in [5.41, 5.74) is -2.12. The molecule has 2 amide bonds. The zero-order chi connectivity index (χ0) is 17.4. The van der Waals surface area contributed by atoms with Crippen LogP contribution in [-0.2, 0) is 20.5 Å². The lowest BCUT2D eigenvalue weighted by atomic mass is 9.78. The molecular formula is C16H11ClF3NO3. The third kappa shape index (κ3) is 1.91. The molecule has 1 aromatic rings. The molecule has 0 radical (unpaired) electrons. The Balaban J connectivity index is 1.80. The van der Waals surface area contributed by atoms with Crippen molar-refractivity contribution in [2.24, 2.45) is 11.8 Å². The van der Waals surface area contributed by atoms with E-state index in [0.717, 1.165) is 23.1 Å². The van der Waals surface area contributed by atoms with Crippen molar-refractivity contribution in [1.29, 1.82) is 0 Å². The summed E-state index contributed by atoms with van der Waals surface area (Å²) in [6.45, 7) is 1.69. The molecule has 3 aliphatic heterocycles. The molecule has 0 aliphatic carbocycles. The van der Waals surface area contributed by atoms with Gasteiger partial charge in [0.05, 0.1) is 39.8 Å². The second-order valence-electron chi connectivity index (χ2n) is 6.30. The van der Waals surface area contributed by atoms with Gasteiger partial charge in [-0.15, -0.1) is 0 Å². The van der Waals surface area contributed by atoms with Gasteiger partial charge in [0.25, 0.3) is 0 Å². The second kappa shape index (κ2) is 4.61. The van der Waals surface area contributed by atoms with E-state index in [1.54, 1.807) is 19.1 Å². The Kier molecular flexibility index (Phi) is 3.01. The van der Waals surface area contributed by atoms with Crippen LogP contribution < -0.4 is 4.90 Å². The van der Waals surface area contributed by atoms with Gasteiger partial charge < -0.3 is 4.74 Å². The third-order valence-corrected chi connectivity index (χ3v) is 5.16. The fourth-order valence-electron chi connectivity index (χ4n) is 3.75. The number of fused-ring (bicyclic) bond motifs is 5. The minimum atomic E-state index is -4.60. The molecule has 4 nitrogen and oxygen atoms in total. The number of carbonyl (C=O) groups excluding carboxylic acids is 2. The largest absolute Gasteiger partial charge is 0.416 e. The Hall–Kier alpha value is -1.86. The van der Waals surface area contributed by atoms with Gasteiger partial charge in [0, 0.05) is 0 Å². The Bertz CT molecular complexity index is 806. The highest BCUT2D eigenvalue weighted by atomic mass is 35.5. The van der Waals surface area contributed by atoms with E-state index in [2.05, 4.69) is 0 Å². The summed E-state index contributed by atoms with van der Waals surface area (Å²) in [5.74, 6) is -2.63. The summed E-state index contributed by atoms with van der Waals surface area (Å²) in [6.07, 6.45) is -1.70. The van der Waals surface area contributed by atoms with Crippen molar-refractivity contribution >= 4 is 29.1 Å². The number of carbonyl (C=O) groups is 2. The molecular weight excluding hydrogens is 347 g/mol. The SMILES string of the molecule is C[C@@]12C=C[C@@H](O1)[C@H]1C(=O)N(c3cc(C(F)(F)F)ccc3Cl)C(=O)[C@H]12. The molecule has 2 saturated heterocycles. The number of imide groups is 1. The van der Waals surface area contributed by atoms with Crippen LogP contribution in [0.2, 0.25) is 5.02 Å². The van der Waals surface area contributed by atoms with Crippen LogP contribution in [0.3, 0.4) is 0 Å². The van der Waals surface area contributed by atoms with E-state index in [1.165, 1.54) is 0 Å². The van der Waals surface area contributed by atoms with Gasteiger partial charge in [-0.3, -0.25) is 9.59 Å². The van der Waals surface area contributed by atoms with Crippen LogP contribution in [0.4, 0.5) is 18.9 Å². The lowest BCUT2D eigenvalue weighted by Crippen LogP contribution is -2.38. The van der Waals surface area contributed by atoms with E-state index in [9.17, 15) is 22.8 Å². The van der Waals surface area contributed by atoms with Crippen molar-refractivity contribution in [2.45, 2.75) is 24.8 Å². The van der Waals surface area contributed by atoms with Gasteiger partial charge in [-0.1, -0.05) is 23.8 Å². The molecule has 3 heterocycles. The molecule has 2 fully saturated rings. The van der Waals surface area contributed by atoms with E-state index in [0.29, 0.717) is 0 Å². The first-order valence-electron chi connectivity index (χ1n) is 7.25. The lowest BCUT2D eigenvalue weighted by molar-refractivity contribution is -0.137. The van der Waals surface area contributed by atoms with Crippen LogP contribution in [0.5, 0.6) is 0 Å². The van der Waals surface area contributed by atoms with Crippen LogP contribution in [0.25, 0.3) is 0 Å². The van der Waals surface area contributed by atoms with E-state index >= 15 is 0 Å². The monoisotopic (exact) mass is 357 g/mol. The predicted molar refractivity (Wildman–Crippen MR) is 78.3 cm³/mol. The molecule has 0 unspecified atom stereocenters. The smallest absolute Gasteiger partial charge is 0.362 e. The van der Waals surface area contributed by atoms with Crippen LogP contribution in [0.1, 0.15) is 12.5 Å². The van der Waals surface area contributed by atoms with Crippen molar-refractivity contribution in [2.75, 3.05) is 4.90 Å². The maximum Gasteiger partial charge on any atom is 0.416 e. The Morgan fingerprint density at radius 2 is 1.96 bits per heavy atom. The van der Waals surface area contributed by atoms with Gasteiger partial charge in [-0.2, -0.15) is 13.2 Å². The second-order valence-corrected chi connectivity index (χ2v) is 6.71. The first kappa shape index (κ1) is 15.7. The minimum absolute atomic E-state index is 0.0870. The Morgan fingerprint density at radius 3 is 2.58 bits per heavy atom.